The van der Waals surface area contributed by atoms with Gasteiger partial charge in [0.05, 0.1) is 17.7 Å². The lowest BCUT2D eigenvalue weighted by Gasteiger charge is -2.27. The predicted octanol–water partition coefficient (Wildman–Crippen LogP) is 1.38. The van der Waals surface area contributed by atoms with Crippen molar-refractivity contribution in [1.82, 2.24) is 4.90 Å². The molecule has 2 aliphatic heterocycles. The van der Waals surface area contributed by atoms with Gasteiger partial charge in [-0.1, -0.05) is 5.92 Å². The number of amides is 2. The van der Waals surface area contributed by atoms with Crippen molar-refractivity contribution < 1.29 is 23.9 Å². The third-order valence-corrected chi connectivity index (χ3v) is 3.99. The Kier molecular flexibility index (Phi) is 2.46. The Morgan fingerprint density at radius 3 is 1.74 bits per heavy atom. The molecular weight excluding hydrogens is 298 g/mol. The molecule has 0 atom stereocenters. The van der Waals surface area contributed by atoms with Crippen LogP contribution < -0.4 is 0 Å². The van der Waals surface area contributed by atoms with E-state index < -0.39 is 23.8 Å². The van der Waals surface area contributed by atoms with Crippen LogP contribution in [-0.4, -0.2) is 35.2 Å². The highest BCUT2D eigenvalue weighted by Gasteiger charge is 2.37. The molecule has 0 N–H and O–H groups in total. The fourth-order valence-corrected chi connectivity index (χ4v) is 3.00. The molecule has 6 nitrogen and oxygen atoms in total. The van der Waals surface area contributed by atoms with Gasteiger partial charge in [0.1, 0.15) is 0 Å². The largest absolute Gasteiger partial charge is 0.386 e. The standard InChI is InChI=1S/C17H7NO5/c1-2-7-18-14(19)8-3-5-10-13-11(17(22)23-16(10)21)6-4-9(12(8)13)15(18)20/h1,3-6H,7H2. The molecule has 0 bridgehead atoms. The average molecular weight is 305 g/mol. The van der Waals surface area contributed by atoms with E-state index in [0.717, 1.165) is 4.90 Å². The minimum absolute atomic E-state index is 0.150. The van der Waals surface area contributed by atoms with Crippen molar-refractivity contribution >= 4 is 34.5 Å². The highest BCUT2D eigenvalue weighted by atomic mass is 16.6. The molecule has 0 unspecified atom stereocenters. The van der Waals surface area contributed by atoms with Crippen LogP contribution in [0.5, 0.6) is 0 Å². The summed E-state index contributed by atoms with van der Waals surface area (Å²) in [6, 6.07) is 5.73. The molecule has 0 fully saturated rings. The van der Waals surface area contributed by atoms with Gasteiger partial charge in [-0.25, -0.2) is 9.59 Å². The Labute approximate surface area is 129 Å². The van der Waals surface area contributed by atoms with E-state index >= 15 is 0 Å². The summed E-state index contributed by atoms with van der Waals surface area (Å²) in [5.74, 6) is -0.404. The maximum atomic E-state index is 12.5. The van der Waals surface area contributed by atoms with Crippen LogP contribution in [0.2, 0.25) is 0 Å². The van der Waals surface area contributed by atoms with Gasteiger partial charge >= 0.3 is 11.9 Å². The summed E-state index contributed by atoms with van der Waals surface area (Å²) in [7, 11) is 0. The zero-order chi connectivity index (χ0) is 16.3. The molecule has 0 aromatic heterocycles. The van der Waals surface area contributed by atoms with Crippen LogP contribution in [0.4, 0.5) is 0 Å². The zero-order valence-electron chi connectivity index (χ0n) is 11.6. The van der Waals surface area contributed by atoms with Crippen LogP contribution in [-0.2, 0) is 4.74 Å². The highest BCUT2D eigenvalue weighted by Crippen LogP contribution is 2.36. The molecule has 2 aromatic rings. The van der Waals surface area contributed by atoms with Gasteiger partial charge in [0.2, 0.25) is 0 Å². The molecule has 0 spiro atoms. The van der Waals surface area contributed by atoms with Gasteiger partial charge in [-0.15, -0.1) is 6.42 Å². The van der Waals surface area contributed by atoms with Gasteiger partial charge in [0.25, 0.3) is 11.8 Å². The Balaban J connectivity index is 2.15. The number of ether oxygens (including phenoxy) is 1. The molecule has 2 aromatic carbocycles. The molecule has 6 heteroatoms. The fraction of sp³-hybridized carbons (Fsp3) is 0.0588. The van der Waals surface area contributed by atoms with Crippen LogP contribution in [0.25, 0.3) is 10.8 Å². The number of terminal acetylenes is 1. The van der Waals surface area contributed by atoms with Crippen molar-refractivity contribution in [2.45, 2.75) is 0 Å². The second kappa shape index (κ2) is 4.27. The monoisotopic (exact) mass is 305 g/mol. The molecular formula is C17H7NO5. The smallest absolute Gasteiger partial charge is 0.346 e. The summed E-state index contributed by atoms with van der Waals surface area (Å²) in [5, 5.41) is 0.580. The highest BCUT2D eigenvalue weighted by molar-refractivity contribution is 6.31. The van der Waals surface area contributed by atoms with E-state index in [1.165, 1.54) is 24.3 Å². The Hall–Kier alpha value is -3.46. The summed E-state index contributed by atoms with van der Waals surface area (Å²) in [5.41, 5.74) is 0.785. The first-order valence-corrected chi connectivity index (χ1v) is 6.70. The van der Waals surface area contributed by atoms with Crippen molar-refractivity contribution in [2.24, 2.45) is 0 Å². The van der Waals surface area contributed by atoms with Crippen LogP contribution in [0.1, 0.15) is 41.4 Å². The lowest BCUT2D eigenvalue weighted by Crippen LogP contribution is -2.41. The molecule has 2 amide bonds. The number of hydrogen-bond acceptors (Lipinski definition) is 5. The Morgan fingerprint density at radius 2 is 1.26 bits per heavy atom. The number of cyclic esters (lactones) is 2. The number of hydrogen-bond donors (Lipinski definition) is 0. The molecule has 4 rings (SSSR count). The molecule has 110 valence electrons. The molecule has 0 radical (unpaired) electrons. The Morgan fingerprint density at radius 1 is 0.826 bits per heavy atom. The minimum atomic E-state index is -0.794. The first kappa shape index (κ1) is 13.2. The normalized spacial score (nSPS) is 15.7. The Bertz CT molecular complexity index is 943. The van der Waals surface area contributed by atoms with E-state index in [0.29, 0.717) is 5.39 Å². The third kappa shape index (κ3) is 1.53. The number of nitrogens with zero attached hydrogens (tertiary/aromatic N) is 1. The zero-order valence-corrected chi connectivity index (χ0v) is 11.6. The van der Waals surface area contributed by atoms with Crippen LogP contribution in [0.3, 0.4) is 0 Å². The number of imide groups is 1. The number of carbonyl (C=O) groups is 4. The van der Waals surface area contributed by atoms with Gasteiger partial charge in [-0.2, -0.15) is 0 Å². The number of carbonyl (C=O) groups excluding carboxylic acids is 4. The van der Waals surface area contributed by atoms with Gasteiger partial charge in [0, 0.05) is 21.9 Å². The summed E-state index contributed by atoms with van der Waals surface area (Å²) >= 11 is 0. The van der Waals surface area contributed by atoms with Gasteiger partial charge in [0.15, 0.2) is 0 Å². The van der Waals surface area contributed by atoms with E-state index in [1.54, 1.807) is 0 Å². The SMILES string of the molecule is C#CCN1C(=O)c2ccc3c4c(ccc(c24)C1=O)C(=O)OC3=O. The van der Waals surface area contributed by atoms with Crippen molar-refractivity contribution in [3.8, 4) is 12.3 Å². The van der Waals surface area contributed by atoms with E-state index in [-0.39, 0.29) is 34.2 Å². The van der Waals surface area contributed by atoms with E-state index in [2.05, 4.69) is 10.7 Å². The number of esters is 2. The first-order chi connectivity index (χ1) is 11.0. The molecule has 0 aliphatic carbocycles. The summed E-state index contributed by atoms with van der Waals surface area (Å²) in [6.45, 7) is -0.150. The fourth-order valence-electron chi connectivity index (χ4n) is 3.00. The van der Waals surface area contributed by atoms with Crippen molar-refractivity contribution in [3.05, 3.63) is 46.5 Å². The molecule has 2 aliphatic rings. The van der Waals surface area contributed by atoms with Crippen LogP contribution in [0.15, 0.2) is 24.3 Å². The van der Waals surface area contributed by atoms with Crippen molar-refractivity contribution in [3.63, 3.8) is 0 Å². The summed E-state index contributed by atoms with van der Waals surface area (Å²) in [6.07, 6.45) is 5.21. The quantitative estimate of drug-likeness (QED) is 0.344. The van der Waals surface area contributed by atoms with Gasteiger partial charge in [-0.3, -0.25) is 14.5 Å². The first-order valence-electron chi connectivity index (χ1n) is 6.70. The lowest BCUT2D eigenvalue weighted by atomic mass is 9.87. The van der Waals surface area contributed by atoms with Crippen molar-refractivity contribution in [2.75, 3.05) is 6.54 Å². The van der Waals surface area contributed by atoms with Gasteiger partial charge < -0.3 is 4.74 Å². The van der Waals surface area contributed by atoms with Crippen LogP contribution >= 0.6 is 0 Å². The van der Waals surface area contributed by atoms with Crippen molar-refractivity contribution in [1.29, 1.82) is 0 Å². The third-order valence-electron chi connectivity index (χ3n) is 3.99. The maximum Gasteiger partial charge on any atom is 0.346 e. The molecule has 23 heavy (non-hydrogen) atoms. The van der Waals surface area contributed by atoms with E-state index in [4.69, 9.17) is 6.42 Å². The average Bonchev–Trinajstić information content (AvgIpc) is 2.54. The predicted molar refractivity (Wildman–Crippen MR) is 77.9 cm³/mol. The van der Waals surface area contributed by atoms with Crippen LogP contribution in [0, 0.1) is 12.3 Å². The second-order valence-electron chi connectivity index (χ2n) is 5.15. The van der Waals surface area contributed by atoms with Gasteiger partial charge in [-0.05, 0) is 24.3 Å². The minimum Gasteiger partial charge on any atom is -0.386 e. The maximum absolute atomic E-state index is 12.5. The molecule has 0 saturated heterocycles. The lowest BCUT2D eigenvalue weighted by molar-refractivity contribution is 0.0389. The second-order valence-corrected chi connectivity index (χ2v) is 5.15. The number of benzene rings is 2. The van der Waals surface area contributed by atoms with E-state index in [1.807, 2.05) is 0 Å². The number of rotatable bonds is 1. The topological polar surface area (TPSA) is 80.8 Å². The summed E-state index contributed by atoms with van der Waals surface area (Å²) in [4.78, 5) is 49.8. The van der Waals surface area contributed by atoms with E-state index in [9.17, 15) is 19.2 Å². The molecule has 2 heterocycles. The summed E-state index contributed by atoms with van der Waals surface area (Å²) < 4.78 is 4.66. The molecule has 0 saturated carbocycles.